The highest BCUT2D eigenvalue weighted by molar-refractivity contribution is 6.34. The first-order valence-electron chi connectivity index (χ1n) is 9.73. The topological polar surface area (TPSA) is 105 Å². The monoisotopic (exact) mass is 493 g/mol. The first kappa shape index (κ1) is 24.2. The number of halogens is 2. The Morgan fingerprint density at radius 2 is 1.91 bits per heavy atom. The highest BCUT2D eigenvalue weighted by atomic mass is 35.5. The Bertz CT molecular complexity index is 1210. The third-order valence-electron chi connectivity index (χ3n) is 4.35. The molecule has 0 saturated heterocycles. The molecular formula is C22H21Cl2N3O6. The van der Waals surface area contributed by atoms with Crippen LogP contribution in [0.25, 0.3) is 12.2 Å². The third-order valence-corrected chi connectivity index (χ3v) is 5.06. The molecule has 0 saturated carbocycles. The van der Waals surface area contributed by atoms with Crippen LogP contribution >= 0.6 is 23.2 Å². The summed E-state index contributed by atoms with van der Waals surface area (Å²) < 4.78 is 21.9. The first-order chi connectivity index (χ1) is 15.9. The van der Waals surface area contributed by atoms with Crippen LogP contribution in [0, 0.1) is 0 Å². The summed E-state index contributed by atoms with van der Waals surface area (Å²) in [6.45, 7) is 0.129. The van der Waals surface area contributed by atoms with Crippen molar-refractivity contribution in [2.45, 2.75) is 6.54 Å². The van der Waals surface area contributed by atoms with E-state index < -0.39 is 11.7 Å². The summed E-state index contributed by atoms with van der Waals surface area (Å²) in [6, 6.07) is 10.4. The van der Waals surface area contributed by atoms with Crippen LogP contribution in [0.2, 0.25) is 10.0 Å². The maximum Gasteiger partial charge on any atom is 0.437 e. The average molecular weight is 494 g/mol. The molecule has 9 nitrogen and oxygen atoms in total. The molecule has 3 aromatic rings. The number of para-hydroxylation sites is 1. The van der Waals surface area contributed by atoms with Gasteiger partial charge in [-0.15, -0.1) is 5.10 Å². The number of nitrogens with zero attached hydrogens (tertiary/aromatic N) is 2. The largest absolute Gasteiger partial charge is 0.493 e. The van der Waals surface area contributed by atoms with Gasteiger partial charge in [-0.3, -0.25) is 4.79 Å². The van der Waals surface area contributed by atoms with Crippen LogP contribution in [0.3, 0.4) is 0 Å². The fourth-order valence-corrected chi connectivity index (χ4v) is 3.28. The van der Waals surface area contributed by atoms with Gasteiger partial charge in [0.05, 0.1) is 30.8 Å². The summed E-state index contributed by atoms with van der Waals surface area (Å²) in [5.74, 6) is 0.206. The summed E-state index contributed by atoms with van der Waals surface area (Å²) >= 11 is 12.3. The van der Waals surface area contributed by atoms with Crippen molar-refractivity contribution >= 4 is 41.3 Å². The third kappa shape index (κ3) is 6.30. The van der Waals surface area contributed by atoms with Crippen molar-refractivity contribution in [3.63, 3.8) is 0 Å². The minimum Gasteiger partial charge on any atom is -0.493 e. The fourth-order valence-electron chi connectivity index (χ4n) is 2.79. The number of carbonyl (C=O) groups excluding carboxylic acids is 1. The first-order valence-corrected chi connectivity index (χ1v) is 10.5. The lowest BCUT2D eigenvalue weighted by molar-refractivity contribution is -0.122. The molecule has 1 N–H and O–H groups in total. The van der Waals surface area contributed by atoms with Crippen LogP contribution in [0.4, 0.5) is 0 Å². The molecular weight excluding hydrogens is 473 g/mol. The van der Waals surface area contributed by atoms with Crippen molar-refractivity contribution in [3.8, 4) is 17.2 Å². The molecule has 174 valence electrons. The maximum atomic E-state index is 12.1. The van der Waals surface area contributed by atoms with Crippen LogP contribution in [0.15, 0.2) is 45.6 Å². The molecule has 1 amide bonds. The number of benzene rings is 2. The lowest BCUT2D eigenvalue weighted by Gasteiger charge is -2.10. The standard InChI is InChI=1S/C22H21Cl2N3O6/c1-30-17-9-7-14(20(24)21(17)31-2)8-10-19-26-27(22(29)33-19)13-18(28)25-11-12-32-16-6-4-3-5-15(16)23/h3-10H,11-13H2,1-2H3,(H,25,28). The van der Waals surface area contributed by atoms with Crippen molar-refractivity contribution in [1.82, 2.24) is 15.1 Å². The van der Waals surface area contributed by atoms with Gasteiger partial charge in [-0.1, -0.05) is 35.3 Å². The predicted octanol–water partition coefficient (Wildman–Crippen LogP) is 3.53. The Hall–Kier alpha value is -3.43. The van der Waals surface area contributed by atoms with Gasteiger partial charge in [0, 0.05) is 6.08 Å². The SMILES string of the molecule is COc1ccc(C=Cc2nn(CC(=O)NCCOc3ccccc3Cl)c(=O)o2)c(Cl)c1OC. The van der Waals surface area contributed by atoms with Crippen molar-refractivity contribution in [3.05, 3.63) is 68.4 Å². The molecule has 0 bridgehead atoms. The van der Waals surface area contributed by atoms with Gasteiger partial charge in [-0.05, 0) is 35.9 Å². The van der Waals surface area contributed by atoms with E-state index in [9.17, 15) is 9.59 Å². The summed E-state index contributed by atoms with van der Waals surface area (Å²) in [5.41, 5.74) is 0.600. The van der Waals surface area contributed by atoms with Gasteiger partial charge in [-0.2, -0.15) is 4.68 Å². The van der Waals surface area contributed by atoms with E-state index in [2.05, 4.69) is 10.4 Å². The minimum absolute atomic E-state index is 0.0145. The summed E-state index contributed by atoms with van der Waals surface area (Å²) in [7, 11) is 2.99. The van der Waals surface area contributed by atoms with E-state index in [0.29, 0.717) is 32.9 Å². The summed E-state index contributed by atoms with van der Waals surface area (Å²) in [4.78, 5) is 24.1. The molecule has 11 heteroatoms. The number of amides is 1. The van der Waals surface area contributed by atoms with Gasteiger partial charge in [0.25, 0.3) is 0 Å². The van der Waals surface area contributed by atoms with Gasteiger partial charge in [0.15, 0.2) is 11.5 Å². The molecule has 0 aliphatic rings. The minimum atomic E-state index is -0.768. The Balaban J connectivity index is 1.56. The van der Waals surface area contributed by atoms with Gasteiger partial charge in [0.1, 0.15) is 18.9 Å². The number of carbonyl (C=O) groups is 1. The van der Waals surface area contributed by atoms with Crippen LogP contribution in [-0.2, 0) is 11.3 Å². The van der Waals surface area contributed by atoms with Crippen LogP contribution < -0.4 is 25.3 Å². The second kappa shape index (κ2) is 11.4. The van der Waals surface area contributed by atoms with Crippen molar-refractivity contribution in [2.24, 2.45) is 0 Å². The molecule has 1 aromatic heterocycles. The lowest BCUT2D eigenvalue weighted by Crippen LogP contribution is -2.34. The van der Waals surface area contributed by atoms with E-state index in [0.717, 1.165) is 4.68 Å². The Labute approximate surface area is 199 Å². The number of ether oxygens (including phenoxy) is 3. The average Bonchev–Trinajstić information content (AvgIpc) is 3.15. The number of hydrogen-bond acceptors (Lipinski definition) is 7. The second-order valence-electron chi connectivity index (χ2n) is 6.53. The smallest absolute Gasteiger partial charge is 0.437 e. The lowest BCUT2D eigenvalue weighted by atomic mass is 10.2. The van der Waals surface area contributed by atoms with E-state index in [4.69, 9.17) is 41.8 Å². The van der Waals surface area contributed by atoms with Gasteiger partial charge in [0.2, 0.25) is 11.8 Å². The second-order valence-corrected chi connectivity index (χ2v) is 7.32. The Morgan fingerprint density at radius 3 is 2.64 bits per heavy atom. The molecule has 0 aliphatic heterocycles. The number of rotatable bonds is 10. The maximum absolute atomic E-state index is 12.1. The van der Waals surface area contributed by atoms with Crippen LogP contribution in [0.5, 0.6) is 17.2 Å². The molecule has 0 radical (unpaired) electrons. The van der Waals surface area contributed by atoms with E-state index in [-0.39, 0.29) is 25.6 Å². The molecule has 0 atom stereocenters. The molecule has 1 heterocycles. The predicted molar refractivity (Wildman–Crippen MR) is 124 cm³/mol. The summed E-state index contributed by atoms with van der Waals surface area (Å²) in [6.07, 6.45) is 3.06. The zero-order valence-electron chi connectivity index (χ0n) is 17.8. The van der Waals surface area contributed by atoms with Crippen molar-refractivity contribution in [2.75, 3.05) is 27.4 Å². The molecule has 2 aromatic carbocycles. The number of aromatic nitrogens is 2. The van der Waals surface area contributed by atoms with Crippen molar-refractivity contribution in [1.29, 1.82) is 0 Å². The normalized spacial score (nSPS) is 10.9. The molecule has 33 heavy (non-hydrogen) atoms. The van der Waals surface area contributed by atoms with E-state index in [1.807, 2.05) is 0 Å². The van der Waals surface area contributed by atoms with Crippen molar-refractivity contribution < 1.29 is 23.4 Å². The molecule has 0 fully saturated rings. The van der Waals surface area contributed by atoms with Gasteiger partial charge >= 0.3 is 5.76 Å². The zero-order chi connectivity index (χ0) is 23.8. The Kier molecular flexibility index (Phi) is 8.39. The summed E-state index contributed by atoms with van der Waals surface area (Å²) in [5, 5.41) is 7.44. The number of nitrogens with one attached hydrogen (secondary N) is 1. The van der Waals surface area contributed by atoms with Gasteiger partial charge in [-0.25, -0.2) is 4.79 Å². The molecule has 0 aliphatic carbocycles. The van der Waals surface area contributed by atoms with E-state index >= 15 is 0 Å². The van der Waals surface area contributed by atoms with Gasteiger partial charge < -0.3 is 23.9 Å². The van der Waals surface area contributed by atoms with E-state index in [1.165, 1.54) is 20.3 Å². The molecule has 3 rings (SSSR count). The fraction of sp³-hybridized carbons (Fsp3) is 0.227. The van der Waals surface area contributed by atoms with Crippen LogP contribution in [-0.4, -0.2) is 43.1 Å². The van der Waals surface area contributed by atoms with E-state index in [1.54, 1.807) is 42.5 Å². The highest BCUT2D eigenvalue weighted by Crippen LogP contribution is 2.37. The van der Waals surface area contributed by atoms with Crippen LogP contribution in [0.1, 0.15) is 11.5 Å². The Morgan fingerprint density at radius 1 is 1.12 bits per heavy atom. The number of methoxy groups -OCH3 is 2. The number of hydrogen-bond donors (Lipinski definition) is 1. The quantitative estimate of drug-likeness (QED) is 0.430. The highest BCUT2D eigenvalue weighted by Gasteiger charge is 2.13. The zero-order valence-corrected chi connectivity index (χ0v) is 19.4. The molecule has 0 unspecified atom stereocenters. The molecule has 0 spiro atoms.